The van der Waals surface area contributed by atoms with E-state index in [4.69, 9.17) is 4.74 Å². The molecule has 0 saturated heterocycles. The van der Waals surface area contributed by atoms with Crippen LogP contribution in [0.5, 0.6) is 5.75 Å². The summed E-state index contributed by atoms with van der Waals surface area (Å²) in [5.41, 5.74) is 0.660. The summed E-state index contributed by atoms with van der Waals surface area (Å²) >= 11 is 3.35. The molecule has 2 atom stereocenters. The Bertz CT molecular complexity index is 446. The Morgan fingerprint density at radius 2 is 1.95 bits per heavy atom. The number of hydrogen-bond acceptors (Lipinski definition) is 3. The number of rotatable bonds is 5. The van der Waals surface area contributed by atoms with Gasteiger partial charge in [-0.1, -0.05) is 22.0 Å². The molecule has 4 nitrogen and oxygen atoms in total. The number of carbonyl (C=O) groups excluding carboxylic acids is 1. The predicted molar refractivity (Wildman–Crippen MR) is 78.1 cm³/mol. The molecule has 0 aliphatic rings. The highest BCUT2D eigenvalue weighted by molar-refractivity contribution is 9.10. The van der Waals surface area contributed by atoms with Gasteiger partial charge in [0.25, 0.3) is 5.91 Å². The van der Waals surface area contributed by atoms with Gasteiger partial charge in [-0.3, -0.25) is 4.79 Å². The van der Waals surface area contributed by atoms with Crippen LogP contribution in [-0.4, -0.2) is 23.2 Å². The van der Waals surface area contributed by atoms with Crippen molar-refractivity contribution in [3.05, 3.63) is 28.2 Å². The van der Waals surface area contributed by atoms with Crippen LogP contribution in [0.4, 0.5) is 0 Å². The predicted octanol–water partition coefficient (Wildman–Crippen LogP) is 2.79. The van der Waals surface area contributed by atoms with Gasteiger partial charge in [0.15, 0.2) is 6.10 Å². The fraction of sp³-hybridized carbons (Fsp3) is 0.500. The Morgan fingerprint density at radius 3 is 2.47 bits per heavy atom. The van der Waals surface area contributed by atoms with E-state index in [9.17, 15) is 9.90 Å². The van der Waals surface area contributed by atoms with Crippen LogP contribution < -0.4 is 10.1 Å². The third-order valence-corrected chi connectivity index (χ3v) is 3.02. The van der Waals surface area contributed by atoms with Crippen molar-refractivity contribution in [3.63, 3.8) is 0 Å². The van der Waals surface area contributed by atoms with Crippen molar-refractivity contribution in [3.8, 4) is 5.75 Å². The summed E-state index contributed by atoms with van der Waals surface area (Å²) in [4.78, 5) is 11.8. The Kier molecular flexibility index (Phi) is 5.82. The molecule has 0 spiro atoms. The van der Waals surface area contributed by atoms with Gasteiger partial charge in [0.05, 0.1) is 6.10 Å². The molecule has 5 heteroatoms. The minimum Gasteiger partial charge on any atom is -0.480 e. The topological polar surface area (TPSA) is 58.6 Å². The lowest BCUT2D eigenvalue weighted by Crippen LogP contribution is -2.40. The average molecular weight is 330 g/mol. The van der Waals surface area contributed by atoms with Gasteiger partial charge in [-0.25, -0.2) is 0 Å². The zero-order chi connectivity index (χ0) is 14.6. The van der Waals surface area contributed by atoms with Crippen molar-refractivity contribution in [1.82, 2.24) is 5.32 Å². The van der Waals surface area contributed by atoms with Gasteiger partial charge in [0.1, 0.15) is 5.75 Å². The number of halogens is 1. The molecule has 0 heterocycles. The zero-order valence-electron chi connectivity index (χ0n) is 11.6. The number of hydrogen-bond donors (Lipinski definition) is 2. The quantitative estimate of drug-likeness (QED) is 0.873. The van der Waals surface area contributed by atoms with Gasteiger partial charge in [0, 0.05) is 16.1 Å². The van der Waals surface area contributed by atoms with Crippen LogP contribution in [0.3, 0.4) is 0 Å². The summed E-state index contributed by atoms with van der Waals surface area (Å²) in [7, 11) is 0. The summed E-state index contributed by atoms with van der Waals surface area (Å²) in [5.74, 6) is 0.335. The number of aliphatic hydroxyl groups is 1. The summed E-state index contributed by atoms with van der Waals surface area (Å²) in [6.45, 7) is 7.13. The third-order valence-electron chi connectivity index (χ3n) is 2.53. The molecule has 2 N–H and O–H groups in total. The van der Waals surface area contributed by atoms with E-state index in [0.29, 0.717) is 11.3 Å². The van der Waals surface area contributed by atoms with E-state index < -0.39 is 12.2 Å². The van der Waals surface area contributed by atoms with Gasteiger partial charge in [0.2, 0.25) is 0 Å². The van der Waals surface area contributed by atoms with Crippen molar-refractivity contribution < 1.29 is 14.6 Å². The number of nitrogens with one attached hydrogen (secondary N) is 1. The highest BCUT2D eigenvalue weighted by Crippen LogP contribution is 2.29. The molecule has 1 amide bonds. The van der Waals surface area contributed by atoms with Gasteiger partial charge in [-0.05, 0) is 39.8 Å². The van der Waals surface area contributed by atoms with E-state index in [2.05, 4.69) is 21.2 Å². The molecule has 0 aliphatic carbocycles. The van der Waals surface area contributed by atoms with Crippen molar-refractivity contribution in [1.29, 1.82) is 0 Å². The lowest BCUT2D eigenvalue weighted by Gasteiger charge is -2.19. The molecule has 0 bridgehead atoms. The number of amides is 1. The van der Waals surface area contributed by atoms with Crippen molar-refractivity contribution >= 4 is 21.8 Å². The molecule has 0 radical (unpaired) electrons. The lowest BCUT2D eigenvalue weighted by molar-refractivity contribution is -0.127. The van der Waals surface area contributed by atoms with Crippen LogP contribution in [0.1, 0.15) is 39.4 Å². The number of benzene rings is 1. The molecule has 2 unspecified atom stereocenters. The monoisotopic (exact) mass is 329 g/mol. The van der Waals surface area contributed by atoms with E-state index in [-0.39, 0.29) is 11.9 Å². The average Bonchev–Trinajstić information content (AvgIpc) is 2.27. The molecular weight excluding hydrogens is 310 g/mol. The molecule has 0 aromatic heterocycles. The van der Waals surface area contributed by atoms with Gasteiger partial charge >= 0.3 is 0 Å². The number of aliphatic hydroxyl groups excluding tert-OH is 1. The van der Waals surface area contributed by atoms with E-state index >= 15 is 0 Å². The molecule has 0 saturated carbocycles. The SMILES string of the molecule is CC(C)NC(=O)C(C)Oc1cc(Br)ccc1C(C)O. The highest BCUT2D eigenvalue weighted by atomic mass is 79.9. The second-order valence-corrected chi connectivity index (χ2v) is 5.70. The fourth-order valence-corrected chi connectivity index (χ4v) is 1.94. The van der Waals surface area contributed by atoms with Crippen molar-refractivity contribution in [2.24, 2.45) is 0 Å². The summed E-state index contributed by atoms with van der Waals surface area (Å²) < 4.78 is 6.48. The molecule has 0 fully saturated rings. The normalized spacial score (nSPS) is 14.1. The molecular formula is C14H20BrNO3. The van der Waals surface area contributed by atoms with Crippen LogP contribution in [0.2, 0.25) is 0 Å². The van der Waals surface area contributed by atoms with E-state index in [0.717, 1.165) is 4.47 Å². The fourth-order valence-electron chi connectivity index (χ4n) is 1.60. The van der Waals surface area contributed by atoms with Crippen molar-refractivity contribution in [2.75, 3.05) is 0 Å². The van der Waals surface area contributed by atoms with Gasteiger partial charge < -0.3 is 15.2 Å². The zero-order valence-corrected chi connectivity index (χ0v) is 13.2. The molecule has 1 rings (SSSR count). The highest BCUT2D eigenvalue weighted by Gasteiger charge is 2.18. The third kappa shape index (κ3) is 4.84. The second kappa shape index (κ2) is 6.91. The first-order valence-corrected chi connectivity index (χ1v) is 7.05. The minimum absolute atomic E-state index is 0.0669. The maximum absolute atomic E-state index is 11.8. The summed E-state index contributed by atoms with van der Waals surface area (Å²) in [5, 5.41) is 12.5. The van der Waals surface area contributed by atoms with Crippen LogP contribution in [0.15, 0.2) is 22.7 Å². The van der Waals surface area contributed by atoms with E-state index in [1.807, 2.05) is 19.9 Å². The first kappa shape index (κ1) is 16.0. The van der Waals surface area contributed by atoms with Crippen LogP contribution >= 0.6 is 15.9 Å². The van der Waals surface area contributed by atoms with Gasteiger partial charge in [-0.15, -0.1) is 0 Å². The molecule has 0 aliphatic heterocycles. The Labute approximate surface area is 122 Å². The Hall–Kier alpha value is -1.07. The number of carbonyl (C=O) groups is 1. The minimum atomic E-state index is -0.650. The standard InChI is InChI=1S/C14H20BrNO3/c1-8(2)16-14(18)10(4)19-13-7-11(15)5-6-12(13)9(3)17/h5-10,17H,1-4H3,(H,16,18). The first-order chi connectivity index (χ1) is 8.81. The van der Waals surface area contributed by atoms with Crippen LogP contribution in [0, 0.1) is 0 Å². The molecule has 19 heavy (non-hydrogen) atoms. The molecule has 1 aromatic rings. The maximum Gasteiger partial charge on any atom is 0.260 e. The van der Waals surface area contributed by atoms with Crippen LogP contribution in [-0.2, 0) is 4.79 Å². The largest absolute Gasteiger partial charge is 0.480 e. The van der Waals surface area contributed by atoms with Crippen molar-refractivity contribution in [2.45, 2.75) is 45.9 Å². The second-order valence-electron chi connectivity index (χ2n) is 4.78. The molecule has 1 aromatic carbocycles. The molecule has 106 valence electrons. The van der Waals surface area contributed by atoms with Crippen LogP contribution in [0.25, 0.3) is 0 Å². The summed E-state index contributed by atoms with van der Waals surface area (Å²) in [6, 6.07) is 5.42. The number of ether oxygens (including phenoxy) is 1. The smallest absolute Gasteiger partial charge is 0.260 e. The lowest BCUT2D eigenvalue weighted by atomic mass is 10.1. The Morgan fingerprint density at radius 1 is 1.32 bits per heavy atom. The van der Waals surface area contributed by atoms with Gasteiger partial charge in [-0.2, -0.15) is 0 Å². The first-order valence-electron chi connectivity index (χ1n) is 6.25. The maximum atomic E-state index is 11.8. The summed E-state index contributed by atoms with van der Waals surface area (Å²) in [6.07, 6.45) is -1.27. The van der Waals surface area contributed by atoms with E-state index in [1.165, 1.54) is 0 Å². The Balaban J connectivity index is 2.86. The van der Waals surface area contributed by atoms with E-state index in [1.54, 1.807) is 26.0 Å².